The number of phosphoric acid groups is 4. The lowest BCUT2D eigenvalue weighted by Crippen LogP contribution is -2.65. The maximum atomic E-state index is 12.0. The third kappa shape index (κ3) is 6.45. The Morgan fingerprint density at radius 1 is 0.871 bits per heavy atom. The first kappa shape index (κ1) is 26.3. The first-order valence-corrected chi connectivity index (χ1v) is 15.4. The van der Waals surface area contributed by atoms with E-state index in [2.05, 4.69) is 26.7 Å². The maximum Gasteiger partial charge on any atom is 0.481 e. The lowest BCUT2D eigenvalue weighted by Gasteiger charge is -2.45. The van der Waals surface area contributed by atoms with E-state index in [-0.39, 0.29) is 0 Å². The first-order chi connectivity index (χ1) is 14.0. The monoisotopic (exact) mass is 574 g/mol. The summed E-state index contributed by atoms with van der Waals surface area (Å²) in [6.07, 6.45) is -13.2. The molecule has 1 aliphatic carbocycles. The second-order valence-electron chi connectivity index (χ2n) is 5.83. The predicted molar refractivity (Wildman–Crippen MR) is 89.5 cm³/mol. The molecule has 10 atom stereocenters. The van der Waals surface area contributed by atoms with Gasteiger partial charge in [0.2, 0.25) is 0 Å². The highest BCUT2D eigenvalue weighted by Crippen LogP contribution is 2.68. The second kappa shape index (κ2) is 9.07. The number of rotatable bonds is 4. The quantitative estimate of drug-likeness (QED) is 0.283. The summed E-state index contributed by atoms with van der Waals surface area (Å²) in [6.45, 7) is 0. The van der Waals surface area contributed by atoms with Gasteiger partial charge in [-0.15, -0.1) is 0 Å². The Kier molecular flexibility index (Phi) is 7.70. The van der Waals surface area contributed by atoms with Crippen molar-refractivity contribution in [3.63, 3.8) is 0 Å². The van der Waals surface area contributed by atoms with Crippen LogP contribution >= 0.6 is 48.2 Å². The van der Waals surface area contributed by atoms with Crippen LogP contribution in [0.3, 0.4) is 0 Å². The highest BCUT2D eigenvalue weighted by molar-refractivity contribution is 7.61. The Balaban J connectivity index is 2.18. The molecule has 0 spiro atoms. The SMILES string of the molecule is O=POC1C(OP(=O)(O)O)C2O[PH](=O)OP(=O)(O)OC2C2OP(=O)(O)OP(=O)(O)OC12. The summed E-state index contributed by atoms with van der Waals surface area (Å²) in [5.74, 6) is 0. The van der Waals surface area contributed by atoms with Gasteiger partial charge in [0.25, 0.3) is 0 Å². The van der Waals surface area contributed by atoms with E-state index in [0.29, 0.717) is 0 Å². The van der Waals surface area contributed by atoms with Gasteiger partial charge >= 0.3 is 48.2 Å². The summed E-state index contributed by atoms with van der Waals surface area (Å²) in [4.78, 5) is 47.4. The van der Waals surface area contributed by atoms with Crippen LogP contribution in [-0.4, -0.2) is 61.1 Å². The summed E-state index contributed by atoms with van der Waals surface area (Å²) < 4.78 is 106. The topological polar surface area (TPSA) is 277 Å². The zero-order valence-electron chi connectivity index (χ0n) is 14.2. The maximum absolute atomic E-state index is 12.0. The second-order valence-corrected chi connectivity index (χ2v) is 12.9. The molecule has 2 saturated heterocycles. The molecule has 0 aromatic rings. The fourth-order valence-electron chi connectivity index (χ4n) is 2.94. The van der Waals surface area contributed by atoms with Crippen molar-refractivity contribution in [2.75, 3.05) is 0 Å². The van der Waals surface area contributed by atoms with Crippen molar-refractivity contribution in [2.24, 2.45) is 0 Å². The summed E-state index contributed by atoms with van der Waals surface area (Å²) >= 11 is 0. The molecular weight excluding hydrogens is 562 g/mol. The average molecular weight is 574 g/mol. The number of hydrogen-bond acceptors (Lipinski definition) is 14. The van der Waals surface area contributed by atoms with Crippen LogP contribution in [0.4, 0.5) is 0 Å². The molecule has 3 aliphatic rings. The van der Waals surface area contributed by atoms with Crippen molar-refractivity contribution in [1.82, 2.24) is 0 Å². The average Bonchev–Trinajstić information content (AvgIpc) is 2.72. The number of hydrogen-bond donors (Lipinski definition) is 5. The lowest BCUT2D eigenvalue weighted by atomic mass is 9.85. The van der Waals surface area contributed by atoms with Crippen molar-refractivity contribution in [1.29, 1.82) is 0 Å². The largest absolute Gasteiger partial charge is 0.481 e. The van der Waals surface area contributed by atoms with E-state index in [1.807, 2.05) is 0 Å². The first-order valence-electron chi connectivity index (χ1n) is 7.40. The Hall–Kier alpha value is 0.730. The van der Waals surface area contributed by atoms with Gasteiger partial charge in [-0.05, 0) is 0 Å². The number of fused-ring (bicyclic) bond motifs is 3. The molecule has 0 bridgehead atoms. The Labute approximate surface area is 173 Å². The smallest absolute Gasteiger partial charge is 0.303 e. The van der Waals surface area contributed by atoms with E-state index in [9.17, 15) is 51.9 Å². The van der Waals surface area contributed by atoms with Crippen LogP contribution in [0.25, 0.3) is 0 Å². The van der Waals surface area contributed by atoms with E-state index in [4.69, 9.17) is 9.05 Å². The van der Waals surface area contributed by atoms with Crippen molar-refractivity contribution >= 4 is 48.2 Å². The molecule has 10 unspecified atom stereocenters. The van der Waals surface area contributed by atoms with E-state index >= 15 is 0 Å². The minimum absolute atomic E-state index is 1.23. The Morgan fingerprint density at radius 3 is 1.94 bits per heavy atom. The highest BCUT2D eigenvalue weighted by Gasteiger charge is 2.64. The van der Waals surface area contributed by atoms with E-state index in [1.165, 1.54) is 0 Å². The van der Waals surface area contributed by atoms with Crippen LogP contribution in [0.2, 0.25) is 0 Å². The molecule has 2 heterocycles. The summed E-state index contributed by atoms with van der Waals surface area (Å²) in [6, 6.07) is 0. The van der Waals surface area contributed by atoms with E-state index in [1.54, 1.807) is 0 Å². The molecule has 2 aliphatic heterocycles. The molecule has 0 radical (unpaired) electrons. The minimum Gasteiger partial charge on any atom is -0.303 e. The van der Waals surface area contributed by atoms with Crippen molar-refractivity contribution in [3.05, 3.63) is 0 Å². The molecule has 1 saturated carbocycles. The molecule has 0 aromatic carbocycles. The molecular formula is C6H12O19P6. The Bertz CT molecular complexity index is 940. The fraction of sp³-hybridized carbons (Fsp3) is 1.00. The van der Waals surface area contributed by atoms with Gasteiger partial charge in [-0.25, -0.2) is 27.1 Å². The van der Waals surface area contributed by atoms with E-state index < -0.39 is 84.9 Å². The van der Waals surface area contributed by atoms with E-state index in [0.717, 1.165) is 0 Å². The third-order valence-corrected chi connectivity index (χ3v) is 9.77. The fourth-order valence-corrected chi connectivity index (χ4v) is 8.42. The summed E-state index contributed by atoms with van der Waals surface area (Å²) in [5, 5.41) is 0. The molecule has 3 rings (SSSR count). The Morgan fingerprint density at radius 2 is 1.39 bits per heavy atom. The summed E-state index contributed by atoms with van der Waals surface area (Å²) in [7, 11) is -26.9. The zero-order valence-corrected chi connectivity index (χ0v) is 19.6. The molecule has 180 valence electrons. The molecule has 19 nitrogen and oxygen atoms in total. The van der Waals surface area contributed by atoms with Crippen LogP contribution in [-0.2, 0) is 63.2 Å². The van der Waals surface area contributed by atoms with Crippen LogP contribution in [0.5, 0.6) is 0 Å². The van der Waals surface area contributed by atoms with Crippen LogP contribution in [0, 0.1) is 0 Å². The molecule has 25 heteroatoms. The van der Waals surface area contributed by atoms with Crippen LogP contribution in [0.15, 0.2) is 0 Å². The van der Waals surface area contributed by atoms with Gasteiger partial charge in [0.15, 0.2) is 0 Å². The molecule has 0 amide bonds. The van der Waals surface area contributed by atoms with Crippen molar-refractivity contribution in [2.45, 2.75) is 36.6 Å². The van der Waals surface area contributed by atoms with Gasteiger partial charge in [0.1, 0.15) is 36.6 Å². The van der Waals surface area contributed by atoms with Crippen LogP contribution < -0.4 is 0 Å². The van der Waals surface area contributed by atoms with Gasteiger partial charge in [0.05, 0.1) is 0 Å². The van der Waals surface area contributed by atoms with Crippen molar-refractivity contribution in [3.8, 4) is 0 Å². The molecule has 5 N–H and O–H groups in total. The predicted octanol–water partition coefficient (Wildman–Crippen LogP) is 0.362. The lowest BCUT2D eigenvalue weighted by molar-refractivity contribution is -0.184. The molecule has 3 fully saturated rings. The number of phosphoric ester groups is 4. The molecule has 0 aromatic heterocycles. The normalized spacial score (nSPS) is 51.3. The molecule has 31 heavy (non-hydrogen) atoms. The summed E-state index contributed by atoms with van der Waals surface area (Å²) in [5.41, 5.74) is 0. The zero-order chi connectivity index (χ0) is 23.4. The van der Waals surface area contributed by atoms with Gasteiger partial charge in [-0.1, -0.05) is 0 Å². The standard InChI is InChI=1S/C6H12O19P6/c7-26-18-1-3(20-28(9,10)11)2-5(21-29(12,13)24-27(8)19-2)6-4(1)22-30(14,15)25-31(16,17)23-6/h1-6,27H,(H,12,13)(H,14,15)(H,16,17)(H2,9,10,11). The third-order valence-electron chi connectivity index (χ3n) is 3.76. The van der Waals surface area contributed by atoms with Gasteiger partial charge in [-0.2, -0.15) is 4.31 Å². The van der Waals surface area contributed by atoms with Crippen LogP contribution in [0.1, 0.15) is 0 Å². The highest BCUT2D eigenvalue weighted by atomic mass is 31.3. The van der Waals surface area contributed by atoms with Gasteiger partial charge in [0, 0.05) is 0 Å². The van der Waals surface area contributed by atoms with Gasteiger partial charge in [-0.3, -0.25) is 27.2 Å². The van der Waals surface area contributed by atoms with Crippen molar-refractivity contribution < 1.29 is 87.6 Å². The van der Waals surface area contributed by atoms with Gasteiger partial charge < -0.3 is 29.0 Å². The minimum atomic E-state index is -5.49.